The Labute approximate surface area is 191 Å². The highest BCUT2D eigenvalue weighted by atomic mass is 35.5. The van der Waals surface area contributed by atoms with Gasteiger partial charge in [0, 0.05) is 21.7 Å². The standard InChI is InChI=1S/C25H22ClN3O3/c1-16-5-3-7-19(13-16)24(30)27-22-23(18-9-11-20(26)12-10-18)29(28-25(22)31)15-17-6-4-8-21(14-17)32-2/h3-15,22-23H,1-2H3,(H-,27,28,30,31)/p+1/b29-15-/t22-,23-/m1/s1. The summed E-state index contributed by atoms with van der Waals surface area (Å²) in [6.07, 6.45) is 1.82. The lowest BCUT2D eigenvalue weighted by molar-refractivity contribution is -0.596. The van der Waals surface area contributed by atoms with Crippen LogP contribution in [0.2, 0.25) is 5.02 Å². The number of carbonyl (C=O) groups excluding carboxylic acids is 2. The van der Waals surface area contributed by atoms with Gasteiger partial charge in [-0.25, -0.2) is 0 Å². The summed E-state index contributed by atoms with van der Waals surface area (Å²) < 4.78 is 7.01. The molecule has 0 radical (unpaired) electrons. The van der Waals surface area contributed by atoms with Crippen LogP contribution in [0, 0.1) is 6.92 Å². The van der Waals surface area contributed by atoms with Crippen LogP contribution in [0.5, 0.6) is 5.75 Å². The second kappa shape index (κ2) is 9.24. The Balaban J connectivity index is 1.71. The Hall–Kier alpha value is -3.64. The van der Waals surface area contributed by atoms with Crippen LogP contribution in [-0.4, -0.2) is 35.9 Å². The number of hydrogen-bond donors (Lipinski definition) is 2. The van der Waals surface area contributed by atoms with E-state index in [9.17, 15) is 9.59 Å². The molecule has 6 nitrogen and oxygen atoms in total. The minimum Gasteiger partial charge on any atom is -0.497 e. The number of hydrogen-bond acceptors (Lipinski definition) is 3. The van der Waals surface area contributed by atoms with Gasteiger partial charge in [0.2, 0.25) is 12.3 Å². The second-order valence-electron chi connectivity index (χ2n) is 7.61. The monoisotopic (exact) mass is 448 g/mol. The van der Waals surface area contributed by atoms with Gasteiger partial charge in [0.15, 0.2) is 6.04 Å². The van der Waals surface area contributed by atoms with Crippen LogP contribution in [0.4, 0.5) is 0 Å². The summed E-state index contributed by atoms with van der Waals surface area (Å²) in [5, 5.41) is 3.50. The maximum absolute atomic E-state index is 12.9. The van der Waals surface area contributed by atoms with Crippen LogP contribution < -0.4 is 15.5 Å². The molecule has 3 aromatic carbocycles. The van der Waals surface area contributed by atoms with E-state index < -0.39 is 12.1 Å². The van der Waals surface area contributed by atoms with E-state index in [4.69, 9.17) is 16.3 Å². The van der Waals surface area contributed by atoms with Crippen molar-refractivity contribution in [3.8, 4) is 5.75 Å². The Morgan fingerprint density at radius 3 is 2.56 bits per heavy atom. The number of halogens is 1. The van der Waals surface area contributed by atoms with Gasteiger partial charge in [0.05, 0.1) is 7.11 Å². The Kier molecular flexibility index (Phi) is 6.23. The van der Waals surface area contributed by atoms with Crippen LogP contribution in [-0.2, 0) is 4.79 Å². The number of amides is 2. The van der Waals surface area contributed by atoms with Crippen LogP contribution >= 0.6 is 11.6 Å². The van der Waals surface area contributed by atoms with E-state index in [1.165, 1.54) is 0 Å². The molecular formula is C25H23ClN3O3+. The van der Waals surface area contributed by atoms with Gasteiger partial charge in [-0.15, -0.1) is 10.1 Å². The number of benzene rings is 3. The van der Waals surface area contributed by atoms with Crippen molar-refractivity contribution < 1.29 is 19.0 Å². The molecule has 1 heterocycles. The molecule has 1 fully saturated rings. The van der Waals surface area contributed by atoms with Crippen molar-refractivity contribution in [1.82, 2.24) is 10.7 Å². The zero-order valence-electron chi connectivity index (χ0n) is 17.7. The van der Waals surface area contributed by atoms with Crippen molar-refractivity contribution in [3.63, 3.8) is 0 Å². The number of methoxy groups -OCH3 is 1. The molecule has 1 aliphatic rings. The molecule has 0 unspecified atom stereocenters. The number of hydrazine groups is 1. The predicted molar refractivity (Wildman–Crippen MR) is 123 cm³/mol. The van der Waals surface area contributed by atoms with E-state index in [0.29, 0.717) is 16.3 Å². The minimum atomic E-state index is -0.800. The van der Waals surface area contributed by atoms with Crippen LogP contribution in [0.15, 0.2) is 72.8 Å². The Bertz CT molecular complexity index is 1190. The average Bonchev–Trinajstić information content (AvgIpc) is 3.09. The van der Waals surface area contributed by atoms with E-state index in [-0.39, 0.29) is 11.8 Å². The van der Waals surface area contributed by atoms with Gasteiger partial charge in [0.25, 0.3) is 5.91 Å². The number of ether oxygens (including phenoxy) is 1. The van der Waals surface area contributed by atoms with Crippen molar-refractivity contribution in [2.75, 3.05) is 7.11 Å². The van der Waals surface area contributed by atoms with Crippen molar-refractivity contribution in [2.45, 2.75) is 19.0 Å². The highest BCUT2D eigenvalue weighted by Crippen LogP contribution is 2.27. The molecule has 2 amide bonds. The normalized spacial score (nSPS) is 19.0. The third kappa shape index (κ3) is 4.65. The summed E-state index contributed by atoms with van der Waals surface area (Å²) in [6, 6.07) is 20.7. The second-order valence-corrected chi connectivity index (χ2v) is 8.04. The summed E-state index contributed by atoms with van der Waals surface area (Å²) in [7, 11) is 1.60. The molecule has 3 aromatic rings. The zero-order chi connectivity index (χ0) is 22.7. The maximum Gasteiger partial charge on any atom is 0.304 e. The average molecular weight is 449 g/mol. The number of hydrazone groups is 1. The lowest BCUT2D eigenvalue weighted by Gasteiger charge is -2.15. The molecule has 2 atom stereocenters. The number of nitrogens with zero attached hydrogens (tertiary/aromatic N) is 1. The van der Waals surface area contributed by atoms with E-state index in [1.807, 2.05) is 61.7 Å². The first-order valence-electron chi connectivity index (χ1n) is 10.2. The predicted octanol–water partition coefficient (Wildman–Crippen LogP) is 3.67. The fourth-order valence-electron chi connectivity index (χ4n) is 3.73. The van der Waals surface area contributed by atoms with Crippen LogP contribution in [0.1, 0.15) is 33.1 Å². The molecule has 2 N–H and O–H groups in total. The summed E-state index contributed by atoms with van der Waals surface area (Å²) in [5.74, 6) is 0.0951. The Morgan fingerprint density at radius 1 is 1.09 bits per heavy atom. The number of rotatable bonds is 5. The number of nitrogens with one attached hydrogen (secondary N) is 2. The highest BCUT2D eigenvalue weighted by molar-refractivity contribution is 6.30. The SMILES string of the molecule is COc1cccc(/C=[N+]2\NC(=O)[C@H](NC(=O)c3cccc(C)c3)[C@H]2c2ccc(Cl)cc2)c1. The lowest BCUT2D eigenvalue weighted by atomic mass is 9.99. The van der Waals surface area contributed by atoms with Gasteiger partial charge in [-0.2, -0.15) is 0 Å². The lowest BCUT2D eigenvalue weighted by Crippen LogP contribution is -2.42. The molecule has 0 spiro atoms. The van der Waals surface area contributed by atoms with Gasteiger partial charge in [-0.3, -0.25) is 9.59 Å². The highest BCUT2D eigenvalue weighted by Gasteiger charge is 2.47. The molecular weight excluding hydrogens is 426 g/mol. The number of carbonyl (C=O) groups is 2. The zero-order valence-corrected chi connectivity index (χ0v) is 18.5. The topological polar surface area (TPSA) is 70.4 Å². The van der Waals surface area contributed by atoms with Gasteiger partial charge in [-0.1, -0.05) is 47.5 Å². The molecule has 0 saturated carbocycles. The van der Waals surface area contributed by atoms with Gasteiger partial charge in [-0.05, 0) is 49.4 Å². The first-order valence-corrected chi connectivity index (χ1v) is 10.5. The fraction of sp³-hybridized carbons (Fsp3) is 0.160. The summed E-state index contributed by atoms with van der Waals surface area (Å²) >= 11 is 6.07. The first-order chi connectivity index (χ1) is 15.4. The summed E-state index contributed by atoms with van der Waals surface area (Å²) in [6.45, 7) is 1.92. The van der Waals surface area contributed by atoms with Crippen molar-refractivity contribution >= 4 is 29.6 Å². The van der Waals surface area contributed by atoms with Crippen molar-refractivity contribution in [2.24, 2.45) is 0 Å². The van der Waals surface area contributed by atoms with E-state index in [2.05, 4.69) is 10.7 Å². The smallest absolute Gasteiger partial charge is 0.304 e. The van der Waals surface area contributed by atoms with Gasteiger partial charge >= 0.3 is 5.91 Å². The molecule has 0 bridgehead atoms. The Morgan fingerprint density at radius 2 is 1.84 bits per heavy atom. The van der Waals surface area contributed by atoms with E-state index in [1.54, 1.807) is 36.1 Å². The maximum atomic E-state index is 12.9. The van der Waals surface area contributed by atoms with Crippen molar-refractivity contribution in [3.05, 3.63) is 100 Å². The molecule has 0 aliphatic carbocycles. The molecule has 1 saturated heterocycles. The molecule has 4 rings (SSSR count). The number of aryl methyl sites for hydroxylation is 1. The fourth-order valence-corrected chi connectivity index (χ4v) is 3.86. The first kappa shape index (κ1) is 21.6. The molecule has 32 heavy (non-hydrogen) atoms. The van der Waals surface area contributed by atoms with Crippen LogP contribution in [0.25, 0.3) is 0 Å². The van der Waals surface area contributed by atoms with E-state index in [0.717, 1.165) is 16.7 Å². The van der Waals surface area contributed by atoms with Crippen molar-refractivity contribution in [1.29, 1.82) is 0 Å². The third-order valence-electron chi connectivity index (χ3n) is 5.30. The quantitative estimate of drug-likeness (QED) is 0.585. The minimum absolute atomic E-state index is 0.301. The van der Waals surface area contributed by atoms with E-state index >= 15 is 0 Å². The van der Waals surface area contributed by atoms with Gasteiger partial charge in [0.1, 0.15) is 5.75 Å². The molecule has 7 heteroatoms. The summed E-state index contributed by atoms with van der Waals surface area (Å²) in [5.41, 5.74) is 6.02. The summed E-state index contributed by atoms with van der Waals surface area (Å²) in [4.78, 5) is 25.9. The third-order valence-corrected chi connectivity index (χ3v) is 5.55. The molecule has 1 aliphatic heterocycles. The van der Waals surface area contributed by atoms with Gasteiger partial charge < -0.3 is 10.1 Å². The molecule has 0 aromatic heterocycles. The molecule has 162 valence electrons. The largest absolute Gasteiger partial charge is 0.497 e. The van der Waals surface area contributed by atoms with Crippen LogP contribution in [0.3, 0.4) is 0 Å².